The van der Waals surface area contributed by atoms with Crippen molar-refractivity contribution in [3.05, 3.63) is 106 Å². The lowest BCUT2D eigenvalue weighted by molar-refractivity contribution is -0.120. The van der Waals surface area contributed by atoms with Crippen LogP contribution in [0.25, 0.3) is 10.8 Å². The fraction of sp³-hybridized carbons (Fsp3) is 0.133. The zero-order chi connectivity index (χ0) is 26.1. The number of hydrogen-bond acceptors (Lipinski definition) is 5. The van der Waals surface area contributed by atoms with E-state index in [1.165, 1.54) is 18.2 Å². The average Bonchev–Trinajstić information content (AvgIpc) is 2.88. The van der Waals surface area contributed by atoms with E-state index in [0.717, 1.165) is 21.6 Å². The van der Waals surface area contributed by atoms with Gasteiger partial charge >= 0.3 is 0 Å². The first-order valence-electron chi connectivity index (χ1n) is 11.9. The molecule has 184 valence electrons. The van der Waals surface area contributed by atoms with E-state index >= 15 is 0 Å². The summed E-state index contributed by atoms with van der Waals surface area (Å²) in [5, 5.41) is 3.45. The summed E-state index contributed by atoms with van der Waals surface area (Å²) in [6.07, 6.45) is 0.634. The molecule has 7 nitrogen and oxygen atoms in total. The molecule has 0 saturated carbocycles. The van der Waals surface area contributed by atoms with Gasteiger partial charge in [0.2, 0.25) is 0 Å². The number of carbonyl (C=O) groups is 4. The van der Waals surface area contributed by atoms with Gasteiger partial charge in [-0.3, -0.25) is 19.2 Å². The number of imide groups is 1. The van der Waals surface area contributed by atoms with E-state index in [1.54, 1.807) is 24.3 Å². The summed E-state index contributed by atoms with van der Waals surface area (Å²) >= 11 is 0. The molecule has 4 aromatic rings. The van der Waals surface area contributed by atoms with Crippen LogP contribution < -0.4 is 15.0 Å². The monoisotopic (exact) mass is 492 g/mol. The minimum Gasteiger partial charge on any atom is -0.428 e. The minimum atomic E-state index is -0.511. The van der Waals surface area contributed by atoms with Gasteiger partial charge in [0.05, 0.1) is 11.3 Å². The van der Waals surface area contributed by atoms with E-state index < -0.39 is 17.7 Å². The van der Waals surface area contributed by atoms with Crippen LogP contribution in [-0.4, -0.2) is 30.7 Å². The van der Waals surface area contributed by atoms with Gasteiger partial charge in [-0.2, -0.15) is 0 Å². The van der Waals surface area contributed by atoms with Crippen molar-refractivity contribution in [1.82, 2.24) is 5.32 Å². The highest BCUT2D eigenvalue weighted by Gasteiger charge is 2.36. The van der Waals surface area contributed by atoms with E-state index in [4.69, 9.17) is 4.74 Å². The Balaban J connectivity index is 1.55. The van der Waals surface area contributed by atoms with Crippen molar-refractivity contribution in [3.8, 4) is 5.75 Å². The van der Waals surface area contributed by atoms with Crippen molar-refractivity contribution >= 4 is 40.7 Å². The van der Waals surface area contributed by atoms with Crippen molar-refractivity contribution in [3.63, 3.8) is 0 Å². The second-order valence-corrected chi connectivity index (χ2v) is 9.02. The molecule has 4 aromatic carbocycles. The third-order valence-corrected chi connectivity index (χ3v) is 6.45. The van der Waals surface area contributed by atoms with Gasteiger partial charge in [0.15, 0.2) is 0 Å². The molecule has 0 atom stereocenters. The van der Waals surface area contributed by atoms with Crippen LogP contribution in [-0.2, 0) is 11.2 Å². The molecule has 37 heavy (non-hydrogen) atoms. The Bertz CT molecular complexity index is 1570. The lowest BCUT2D eigenvalue weighted by atomic mass is 9.90. The maximum atomic E-state index is 13.5. The standard InChI is InChI=1S/C30H24N2O5/c1-18-5-3-7-20(15-18)13-14-31-28(34)22-9-10-23-26-24(11-12-25(27(22)26)37-17-33)30(36)32(29(23)35)21-8-4-6-19(2)16-21/h3-12,15-17H,13-14H2,1-2H3,(H,31,34). The number of nitrogens with zero attached hydrogens (tertiary/aromatic N) is 1. The normalized spacial score (nSPS) is 12.5. The fourth-order valence-electron chi connectivity index (χ4n) is 4.78. The van der Waals surface area contributed by atoms with Gasteiger partial charge in [-0.15, -0.1) is 0 Å². The van der Waals surface area contributed by atoms with Crippen molar-refractivity contribution < 1.29 is 23.9 Å². The van der Waals surface area contributed by atoms with Crippen LogP contribution in [0.1, 0.15) is 47.8 Å². The molecule has 1 aliphatic heterocycles. The van der Waals surface area contributed by atoms with Gasteiger partial charge in [0.1, 0.15) is 5.75 Å². The van der Waals surface area contributed by atoms with Crippen LogP contribution in [0.15, 0.2) is 72.8 Å². The molecule has 0 aliphatic carbocycles. The van der Waals surface area contributed by atoms with E-state index in [2.05, 4.69) is 11.4 Å². The van der Waals surface area contributed by atoms with Crippen LogP contribution in [0.5, 0.6) is 5.75 Å². The highest BCUT2D eigenvalue weighted by molar-refractivity contribution is 6.37. The Morgan fingerprint density at radius 2 is 1.54 bits per heavy atom. The smallest absolute Gasteiger partial charge is 0.298 e. The van der Waals surface area contributed by atoms with Crippen molar-refractivity contribution in [2.45, 2.75) is 20.3 Å². The van der Waals surface area contributed by atoms with Gasteiger partial charge in [-0.25, -0.2) is 4.90 Å². The summed E-state index contributed by atoms with van der Waals surface area (Å²) in [6.45, 7) is 4.53. The molecule has 7 heteroatoms. The number of benzene rings is 4. The molecule has 0 saturated heterocycles. The number of anilines is 1. The first-order chi connectivity index (χ1) is 17.9. The van der Waals surface area contributed by atoms with Gasteiger partial charge in [0.25, 0.3) is 24.2 Å². The highest BCUT2D eigenvalue weighted by atomic mass is 16.5. The number of nitrogens with one attached hydrogen (secondary N) is 1. The zero-order valence-electron chi connectivity index (χ0n) is 20.4. The second kappa shape index (κ2) is 9.70. The molecule has 0 fully saturated rings. The van der Waals surface area contributed by atoms with Crippen LogP contribution in [0.4, 0.5) is 5.69 Å². The maximum absolute atomic E-state index is 13.5. The predicted octanol–water partition coefficient (Wildman–Crippen LogP) is 4.76. The summed E-state index contributed by atoms with van der Waals surface area (Å²) in [4.78, 5) is 52.7. The van der Waals surface area contributed by atoms with Gasteiger partial charge in [-0.1, -0.05) is 42.0 Å². The Hall–Kier alpha value is -4.78. The number of aryl methyl sites for hydroxylation is 2. The quantitative estimate of drug-likeness (QED) is 0.297. The lowest BCUT2D eigenvalue weighted by Crippen LogP contribution is -2.40. The molecular weight excluding hydrogens is 468 g/mol. The minimum absolute atomic E-state index is 0.101. The van der Waals surface area contributed by atoms with Crippen molar-refractivity contribution in [1.29, 1.82) is 0 Å². The molecule has 0 spiro atoms. The van der Waals surface area contributed by atoms with E-state index in [9.17, 15) is 19.2 Å². The predicted molar refractivity (Wildman–Crippen MR) is 140 cm³/mol. The Labute approximate surface area is 213 Å². The van der Waals surface area contributed by atoms with Crippen LogP contribution >= 0.6 is 0 Å². The van der Waals surface area contributed by atoms with Crippen LogP contribution in [0.2, 0.25) is 0 Å². The number of ether oxygens (including phenoxy) is 1. The summed E-state index contributed by atoms with van der Waals surface area (Å²) in [5.74, 6) is -1.32. The Morgan fingerprint density at radius 1 is 0.865 bits per heavy atom. The number of amides is 3. The maximum Gasteiger partial charge on any atom is 0.298 e. The molecule has 1 N–H and O–H groups in total. The molecule has 0 unspecified atom stereocenters. The van der Waals surface area contributed by atoms with Gasteiger partial charge in [0, 0.05) is 28.4 Å². The fourth-order valence-corrected chi connectivity index (χ4v) is 4.78. The highest BCUT2D eigenvalue weighted by Crippen LogP contribution is 2.39. The molecule has 0 aromatic heterocycles. The third kappa shape index (κ3) is 4.36. The Kier molecular flexibility index (Phi) is 6.27. The SMILES string of the molecule is Cc1cccc(CCNC(=O)c2ccc3c4c(ccc(OC=O)c24)C(=O)N(c2cccc(C)c2)C3=O)c1. The van der Waals surface area contributed by atoms with Gasteiger partial charge in [-0.05, 0) is 67.8 Å². The zero-order valence-corrected chi connectivity index (χ0v) is 20.4. The molecule has 3 amide bonds. The number of hydrogen-bond donors (Lipinski definition) is 1. The average molecular weight is 493 g/mol. The summed E-state index contributed by atoms with van der Waals surface area (Å²) in [5.41, 5.74) is 4.30. The summed E-state index contributed by atoms with van der Waals surface area (Å²) < 4.78 is 5.18. The number of rotatable bonds is 7. The first-order valence-corrected chi connectivity index (χ1v) is 11.9. The third-order valence-electron chi connectivity index (χ3n) is 6.45. The second-order valence-electron chi connectivity index (χ2n) is 9.02. The van der Waals surface area contributed by atoms with Crippen LogP contribution in [0, 0.1) is 13.8 Å². The molecule has 0 radical (unpaired) electrons. The Morgan fingerprint density at radius 3 is 2.22 bits per heavy atom. The first kappa shape index (κ1) is 23.9. The molecule has 1 aliphatic rings. The van der Waals surface area contributed by atoms with Crippen LogP contribution in [0.3, 0.4) is 0 Å². The summed E-state index contributed by atoms with van der Waals surface area (Å²) in [7, 11) is 0. The molecule has 1 heterocycles. The largest absolute Gasteiger partial charge is 0.428 e. The van der Waals surface area contributed by atoms with E-state index in [-0.39, 0.29) is 34.3 Å². The number of carbonyl (C=O) groups excluding carboxylic acids is 4. The molecular formula is C30H24N2O5. The molecule has 5 rings (SSSR count). The van der Waals surface area contributed by atoms with E-state index in [1.807, 2.05) is 38.1 Å². The lowest BCUT2D eigenvalue weighted by Gasteiger charge is -2.28. The van der Waals surface area contributed by atoms with Crippen molar-refractivity contribution in [2.24, 2.45) is 0 Å². The topological polar surface area (TPSA) is 92.8 Å². The molecule has 0 bridgehead atoms. The summed E-state index contributed by atoms with van der Waals surface area (Å²) in [6, 6.07) is 21.2. The van der Waals surface area contributed by atoms with E-state index in [0.29, 0.717) is 24.0 Å². The van der Waals surface area contributed by atoms with Crippen molar-refractivity contribution in [2.75, 3.05) is 11.4 Å². The van der Waals surface area contributed by atoms with Gasteiger partial charge < -0.3 is 10.1 Å².